The first-order chi connectivity index (χ1) is 60.6. The van der Waals surface area contributed by atoms with E-state index in [-0.39, 0.29) is 50.6 Å². The summed E-state index contributed by atoms with van der Waals surface area (Å²) in [5.41, 5.74) is 5.70. The number of nitrogens with two attached hydrogens (primary N) is 1. The quantitative estimate of drug-likeness (QED) is 0.0199. The molecule has 129 heavy (non-hydrogen) atoms. The summed E-state index contributed by atoms with van der Waals surface area (Å²) in [7, 11) is 1.34. The SMILES string of the molecule is CC[C@@H](C)[C@H](C=O)N[C@@H](NC(=O)[C@H](C)NC(=O)[C@H](C)NC(=O)[C@@H](NCC=O)NC(=O)[C@@H](NC(=O)[C@@H](NC(=O)[C@@H](NC(=O)[C@@H](NC(=O)[C@H](C)NC(=O)[C@H](C)NC(=O)[C@H](NCC=O)NC(=O)[C@@H](NC(=O)[C@H](C)NC(=O)[C@@H](N)NCC=O)N[C@@H](C=O)C(C)C)N[C@@H](C=O)CC(C)C)N[C@@H](C)C=O)N[C@@H](C=O)[C@H](C)CC)N[C@@H](C=O)[C@H](C)CC)C(=O)N[C@@H](C)C(=O)N[C@@H](C)C(=O)NC. The number of likely N-dealkylation sites (N-methyl/N-ethyl adjacent to an activating group) is 1. The van der Waals surface area contributed by atoms with Crippen LogP contribution in [0.3, 0.4) is 0 Å². The average molecular weight is 1840 g/mol. The molecule has 0 aliphatic carbocycles. The molecule has 0 saturated carbocycles. The van der Waals surface area contributed by atoms with E-state index in [2.05, 4.69) is 133 Å². The molecule has 51 nitrogen and oxygen atoms in total. The topological polar surface area (TPSA) is 754 Å². The number of amides is 16. The number of rotatable bonds is 67. The maximum atomic E-state index is 15.0. The van der Waals surface area contributed by atoms with Crippen molar-refractivity contribution in [3.63, 3.8) is 0 Å². The fourth-order valence-corrected chi connectivity index (χ4v) is 11.0. The van der Waals surface area contributed by atoms with Crippen LogP contribution in [0.25, 0.3) is 0 Å². The third-order valence-electron chi connectivity index (χ3n) is 19.8. The van der Waals surface area contributed by atoms with E-state index in [1.807, 2.05) is 0 Å². The minimum absolute atomic E-state index is 0.00637. The van der Waals surface area contributed by atoms with Gasteiger partial charge in [0.25, 0.3) is 53.2 Å². The maximum absolute atomic E-state index is 15.0. The Morgan fingerprint density at radius 3 is 0.752 bits per heavy atom. The molecule has 0 saturated heterocycles. The maximum Gasteiger partial charge on any atom is 0.259 e. The van der Waals surface area contributed by atoms with Gasteiger partial charge in [-0.15, -0.1) is 0 Å². The Kier molecular flexibility index (Phi) is 55.9. The Hall–Kier alpha value is -11.8. The number of carbonyl (C=O) groups is 25. The third-order valence-corrected chi connectivity index (χ3v) is 19.8. The van der Waals surface area contributed by atoms with Gasteiger partial charge in [0.1, 0.15) is 105 Å². The highest BCUT2D eigenvalue weighted by atomic mass is 16.2. The van der Waals surface area contributed by atoms with E-state index < -0.39 is 265 Å². The summed E-state index contributed by atoms with van der Waals surface area (Å²) >= 11 is 0. The van der Waals surface area contributed by atoms with Crippen LogP contribution in [0.5, 0.6) is 0 Å². The Labute approximate surface area is 747 Å². The van der Waals surface area contributed by atoms with Gasteiger partial charge >= 0.3 is 0 Å². The molecule has 51 heteroatoms. The van der Waals surface area contributed by atoms with Gasteiger partial charge < -0.3 is 134 Å². The van der Waals surface area contributed by atoms with Crippen LogP contribution in [0.2, 0.25) is 0 Å². The lowest BCUT2D eigenvalue weighted by atomic mass is 10.00. The van der Waals surface area contributed by atoms with Gasteiger partial charge in [-0.05, 0) is 91.4 Å². The van der Waals surface area contributed by atoms with Gasteiger partial charge in [0, 0.05) is 7.05 Å². The van der Waals surface area contributed by atoms with E-state index in [1.54, 1.807) is 69.2 Å². The van der Waals surface area contributed by atoms with E-state index in [4.69, 9.17) is 5.73 Å². The number of carbonyl (C=O) groups excluding carboxylic acids is 25. The summed E-state index contributed by atoms with van der Waals surface area (Å²) in [5, 5.41) is 60.2. The van der Waals surface area contributed by atoms with Crippen LogP contribution in [0.4, 0.5) is 0 Å². The summed E-state index contributed by atoms with van der Waals surface area (Å²) in [5.74, 6) is -20.5. The summed E-state index contributed by atoms with van der Waals surface area (Å²) in [4.78, 5) is 331. The minimum Gasteiger partial charge on any atom is -0.357 e. The molecule has 0 aromatic heterocycles. The first-order valence-corrected chi connectivity index (χ1v) is 41.9. The van der Waals surface area contributed by atoms with Crippen molar-refractivity contribution in [2.24, 2.45) is 35.3 Å². The van der Waals surface area contributed by atoms with Crippen molar-refractivity contribution >= 4 is 151 Å². The zero-order chi connectivity index (χ0) is 98.8. The van der Waals surface area contributed by atoms with Gasteiger partial charge in [0.15, 0.2) is 49.3 Å². The largest absolute Gasteiger partial charge is 0.357 e. The normalized spacial score (nSPS) is 17.0. The van der Waals surface area contributed by atoms with Gasteiger partial charge in [-0.1, -0.05) is 88.5 Å². The molecule has 27 N–H and O–H groups in total. The van der Waals surface area contributed by atoms with Gasteiger partial charge in [-0.2, -0.15) is 0 Å². The van der Waals surface area contributed by atoms with Crippen LogP contribution in [0.1, 0.15) is 150 Å². The molecule has 0 aliphatic heterocycles. The molecule has 0 aromatic carbocycles. The second kappa shape index (κ2) is 61.6. The van der Waals surface area contributed by atoms with Crippen LogP contribution in [0, 0.1) is 29.6 Å². The van der Waals surface area contributed by atoms with Crippen molar-refractivity contribution in [3.05, 3.63) is 0 Å². The van der Waals surface area contributed by atoms with Crippen LogP contribution >= 0.6 is 0 Å². The Bertz CT molecular complexity index is 3810. The Morgan fingerprint density at radius 2 is 0.488 bits per heavy atom. The lowest BCUT2D eigenvalue weighted by molar-refractivity contribution is -0.138. The van der Waals surface area contributed by atoms with Crippen molar-refractivity contribution in [1.82, 2.24) is 133 Å². The molecule has 25 atom stereocenters. The molecule has 0 aliphatic rings. The molecule has 0 fully saturated rings. The van der Waals surface area contributed by atoms with Crippen LogP contribution in [0.15, 0.2) is 0 Å². The smallest absolute Gasteiger partial charge is 0.259 e. The van der Waals surface area contributed by atoms with Crippen LogP contribution < -0.4 is 139 Å². The van der Waals surface area contributed by atoms with Crippen LogP contribution in [-0.4, -0.2) is 312 Å². The average Bonchev–Trinajstić information content (AvgIpc) is 0.845. The van der Waals surface area contributed by atoms with Crippen molar-refractivity contribution in [1.29, 1.82) is 0 Å². The summed E-state index contributed by atoms with van der Waals surface area (Å²) < 4.78 is 0. The Balaban J connectivity index is 7.53. The minimum atomic E-state index is -2.19. The summed E-state index contributed by atoms with van der Waals surface area (Å²) in [6, 6.07) is -17.7. The number of aldehydes is 9. The Morgan fingerprint density at radius 1 is 0.256 bits per heavy atom. The molecule has 0 bridgehead atoms. The molecule has 16 amide bonds. The van der Waals surface area contributed by atoms with Crippen molar-refractivity contribution in [3.8, 4) is 0 Å². The van der Waals surface area contributed by atoms with E-state index in [0.717, 1.165) is 20.8 Å². The predicted molar refractivity (Wildman–Crippen MR) is 459 cm³/mol. The monoisotopic (exact) mass is 1840 g/mol. The number of hydrogen-bond acceptors (Lipinski definition) is 35. The number of hydrogen-bond donors (Lipinski definition) is 26. The molecule has 0 heterocycles. The van der Waals surface area contributed by atoms with Crippen molar-refractivity contribution in [2.45, 2.75) is 284 Å². The predicted octanol–water partition coefficient (Wildman–Crippen LogP) is -12.7. The fourth-order valence-electron chi connectivity index (χ4n) is 11.0. The first kappa shape index (κ1) is 117. The zero-order valence-electron chi connectivity index (χ0n) is 76.0. The lowest BCUT2D eigenvalue weighted by Gasteiger charge is -2.32. The van der Waals surface area contributed by atoms with Crippen molar-refractivity contribution in [2.75, 3.05) is 26.7 Å². The van der Waals surface area contributed by atoms with E-state index in [1.165, 1.54) is 41.7 Å². The molecule has 726 valence electrons. The molecule has 0 radical (unpaired) electrons. The third kappa shape index (κ3) is 42.8. The van der Waals surface area contributed by atoms with Crippen LogP contribution in [-0.2, 0) is 120 Å². The van der Waals surface area contributed by atoms with Crippen molar-refractivity contribution < 1.29 is 120 Å². The second-order valence-corrected chi connectivity index (χ2v) is 31.3. The lowest BCUT2D eigenvalue weighted by Crippen LogP contribution is -2.70. The first-order valence-electron chi connectivity index (χ1n) is 41.9. The molecule has 0 aromatic rings. The van der Waals surface area contributed by atoms with Gasteiger partial charge in [-0.25, -0.2) is 0 Å². The second-order valence-electron chi connectivity index (χ2n) is 31.3. The summed E-state index contributed by atoms with van der Waals surface area (Å²) in [6.45, 7) is 24.4. The summed E-state index contributed by atoms with van der Waals surface area (Å²) in [6.07, 6.45) is -13.4. The van der Waals surface area contributed by atoms with E-state index in [0.29, 0.717) is 44.1 Å². The fraction of sp³-hybridized carbons (Fsp3) is 0.679. The van der Waals surface area contributed by atoms with Gasteiger partial charge in [0.2, 0.25) is 41.4 Å². The highest BCUT2D eigenvalue weighted by Crippen LogP contribution is 2.12. The molecule has 0 spiro atoms. The highest BCUT2D eigenvalue weighted by molar-refractivity contribution is 6.01. The standard InChI is InChI=1S/C78H134N26O25/c1-20-38(8)51(33-111)94-59(73(124)91-45(15)64(115)85-42(12)63(114)80-19)100-68(119)47(17)87-66(117)44(14)90-72(123)56(83-25-28-107)98-77(128)61(95-52(34-112)39(9)21-2)104-78(129)62(96-53(35-113)40(10)22-3)103-74(125)57(84-41(11)30-108)102-75(126)58(92-49(31-109)29-36(4)5)99-67(118)46(16)86-65(116)43(13)89-71(122)55(82-24-27-106)97-76(127)60(93-50(32-110)37(6)7)101-69(120)48(18)88-70(121)54(79)81-23-26-105/h26-28,30-62,81-84,92-96H,20-25,29,79H2,1-19H3,(H,80,114)(H,85,115)(H,86,116)(H,87,117)(H,88,121)(H,89,122)(H,90,123)(H,91,124)(H,97,127)(H,98,128)(H,99,118)(H,100,119)(H,101,120)(H,102,126)(H,103,125)(H,104,129)/t38-,39-,40-,41+,42+,43+,44+,45+,46+,47+,48+,49-,50+,51+,52+,53+,54+,55-,56+,57-,58-,59+,60-,61-,62-/m1/s1. The molecular formula is C78H134N26O25. The van der Waals surface area contributed by atoms with Gasteiger partial charge in [-0.3, -0.25) is 125 Å². The molecule has 0 unspecified atom stereocenters. The zero-order valence-corrected chi connectivity index (χ0v) is 76.0. The van der Waals surface area contributed by atoms with E-state index in [9.17, 15) is 120 Å². The van der Waals surface area contributed by atoms with Gasteiger partial charge in [0.05, 0.1) is 55.9 Å². The van der Waals surface area contributed by atoms with E-state index >= 15 is 0 Å². The highest BCUT2D eigenvalue weighted by Gasteiger charge is 2.40. The molecular weight excluding hydrogens is 1700 g/mol. The molecule has 0 rings (SSSR count). The number of nitrogens with one attached hydrogen (secondary N) is 25.